The summed E-state index contributed by atoms with van der Waals surface area (Å²) in [4.78, 5) is 4.29. The number of nitrogens with zero attached hydrogens (tertiary/aromatic N) is 1. The number of anilines is 1. The highest BCUT2D eigenvalue weighted by Crippen LogP contribution is 2.36. The number of ether oxygens (including phenoxy) is 1. The average molecular weight is 194 g/mol. The van der Waals surface area contributed by atoms with E-state index < -0.39 is 0 Å². The molecule has 14 heavy (non-hydrogen) atoms. The lowest BCUT2D eigenvalue weighted by molar-refractivity contribution is 0.149. The first-order valence-electron chi connectivity index (χ1n) is 4.75. The summed E-state index contributed by atoms with van der Waals surface area (Å²) in [6.45, 7) is 4.12. The molecular weight excluding hydrogens is 180 g/mol. The number of aliphatic hydroxyl groups excluding tert-OH is 1. The molecule has 1 aliphatic rings. The third-order valence-electron chi connectivity index (χ3n) is 2.23. The molecule has 0 aromatic carbocycles. The smallest absolute Gasteiger partial charge is 0.193 e. The molecule has 0 saturated heterocycles. The van der Waals surface area contributed by atoms with Crippen molar-refractivity contribution in [3.8, 4) is 5.75 Å². The van der Waals surface area contributed by atoms with Crippen LogP contribution < -0.4 is 10.1 Å². The summed E-state index contributed by atoms with van der Waals surface area (Å²) in [5, 5.41) is 12.1. The van der Waals surface area contributed by atoms with Crippen LogP contribution in [0.3, 0.4) is 0 Å². The number of aliphatic hydroxyl groups is 1. The zero-order valence-corrected chi connectivity index (χ0v) is 8.32. The van der Waals surface area contributed by atoms with E-state index in [2.05, 4.69) is 24.1 Å². The number of fused-ring (bicyclic) bond motifs is 1. The first-order valence-corrected chi connectivity index (χ1v) is 4.75. The fourth-order valence-corrected chi connectivity index (χ4v) is 1.57. The molecule has 0 aliphatic carbocycles. The van der Waals surface area contributed by atoms with E-state index >= 15 is 0 Å². The van der Waals surface area contributed by atoms with Gasteiger partial charge in [-0.2, -0.15) is 0 Å². The summed E-state index contributed by atoms with van der Waals surface area (Å²) in [6.07, 6.45) is 1.40. The Labute approximate surface area is 82.9 Å². The largest absolute Gasteiger partial charge is 0.466 e. The maximum absolute atomic E-state index is 8.96. The Morgan fingerprint density at radius 3 is 3.07 bits per heavy atom. The molecule has 1 aromatic rings. The van der Waals surface area contributed by atoms with E-state index in [0.29, 0.717) is 5.92 Å². The van der Waals surface area contributed by atoms with Crippen LogP contribution in [0.5, 0.6) is 5.75 Å². The Kier molecular flexibility index (Phi) is 2.29. The molecule has 2 heterocycles. The van der Waals surface area contributed by atoms with Crippen LogP contribution in [-0.2, 0) is 0 Å². The standard InChI is InChI=1S/C10H14N2O2/c1-6(2)9-10-7(3-4-11-9)14-8(5-13)12-10/h3-4,6,8,12-13H,5H2,1-2H3/t8-/m1/s1. The zero-order chi connectivity index (χ0) is 10.1. The second kappa shape index (κ2) is 3.46. The van der Waals surface area contributed by atoms with Gasteiger partial charge < -0.3 is 15.2 Å². The SMILES string of the molecule is CC(C)c1nccc2c1N[C@@H](CO)O2. The van der Waals surface area contributed by atoms with E-state index in [0.717, 1.165) is 17.1 Å². The molecule has 4 heteroatoms. The van der Waals surface area contributed by atoms with E-state index in [-0.39, 0.29) is 12.8 Å². The van der Waals surface area contributed by atoms with Gasteiger partial charge in [0.25, 0.3) is 0 Å². The Bertz CT molecular complexity index is 339. The average Bonchev–Trinajstić information content (AvgIpc) is 2.59. The van der Waals surface area contributed by atoms with E-state index in [1.165, 1.54) is 0 Å². The van der Waals surface area contributed by atoms with Gasteiger partial charge in [0.05, 0.1) is 12.3 Å². The first kappa shape index (κ1) is 9.27. The van der Waals surface area contributed by atoms with Crippen LogP contribution in [0.1, 0.15) is 25.5 Å². The summed E-state index contributed by atoms with van der Waals surface area (Å²) in [7, 11) is 0. The quantitative estimate of drug-likeness (QED) is 0.745. The molecule has 0 spiro atoms. The molecular formula is C10H14N2O2. The Morgan fingerprint density at radius 2 is 2.43 bits per heavy atom. The van der Waals surface area contributed by atoms with Crippen LogP contribution in [0.25, 0.3) is 0 Å². The highest BCUT2D eigenvalue weighted by molar-refractivity contribution is 5.63. The van der Waals surface area contributed by atoms with Crippen molar-refractivity contribution in [2.75, 3.05) is 11.9 Å². The number of pyridine rings is 1. The van der Waals surface area contributed by atoms with Crippen LogP contribution in [-0.4, -0.2) is 22.9 Å². The first-order chi connectivity index (χ1) is 6.72. The van der Waals surface area contributed by atoms with Gasteiger partial charge in [-0.15, -0.1) is 0 Å². The van der Waals surface area contributed by atoms with E-state index in [1.807, 2.05) is 6.07 Å². The molecule has 0 saturated carbocycles. The van der Waals surface area contributed by atoms with E-state index in [4.69, 9.17) is 9.84 Å². The molecule has 1 atom stereocenters. The lowest BCUT2D eigenvalue weighted by atomic mass is 10.1. The van der Waals surface area contributed by atoms with Crippen LogP contribution in [0.2, 0.25) is 0 Å². The van der Waals surface area contributed by atoms with Crippen LogP contribution in [0.4, 0.5) is 5.69 Å². The Morgan fingerprint density at radius 1 is 1.64 bits per heavy atom. The van der Waals surface area contributed by atoms with Gasteiger partial charge >= 0.3 is 0 Å². The third kappa shape index (κ3) is 1.42. The summed E-state index contributed by atoms with van der Waals surface area (Å²) >= 11 is 0. The van der Waals surface area contributed by atoms with Gasteiger partial charge in [0.2, 0.25) is 0 Å². The Balaban J connectivity index is 2.36. The second-order valence-corrected chi connectivity index (χ2v) is 3.66. The van der Waals surface area contributed by atoms with Crippen molar-refractivity contribution in [2.24, 2.45) is 0 Å². The van der Waals surface area contributed by atoms with Crippen molar-refractivity contribution in [3.05, 3.63) is 18.0 Å². The fraction of sp³-hybridized carbons (Fsp3) is 0.500. The predicted molar refractivity (Wildman–Crippen MR) is 53.5 cm³/mol. The monoisotopic (exact) mass is 194 g/mol. The molecule has 0 unspecified atom stereocenters. The molecule has 0 amide bonds. The summed E-state index contributed by atoms with van der Waals surface area (Å²) < 4.78 is 5.45. The minimum absolute atomic E-state index is 0.0355. The fourth-order valence-electron chi connectivity index (χ4n) is 1.57. The van der Waals surface area contributed by atoms with Crippen molar-refractivity contribution in [1.29, 1.82) is 0 Å². The van der Waals surface area contributed by atoms with Crippen molar-refractivity contribution < 1.29 is 9.84 Å². The topological polar surface area (TPSA) is 54.4 Å². The van der Waals surface area contributed by atoms with Gasteiger partial charge in [0.15, 0.2) is 6.23 Å². The van der Waals surface area contributed by atoms with Crippen LogP contribution in [0, 0.1) is 0 Å². The summed E-state index contributed by atoms with van der Waals surface area (Å²) in [6, 6.07) is 1.81. The second-order valence-electron chi connectivity index (χ2n) is 3.66. The van der Waals surface area contributed by atoms with E-state index in [1.54, 1.807) is 6.20 Å². The van der Waals surface area contributed by atoms with Gasteiger partial charge in [-0.05, 0) is 5.92 Å². The van der Waals surface area contributed by atoms with Gasteiger partial charge in [0, 0.05) is 12.3 Å². The van der Waals surface area contributed by atoms with Crippen molar-refractivity contribution in [3.63, 3.8) is 0 Å². The van der Waals surface area contributed by atoms with Crippen LogP contribution in [0.15, 0.2) is 12.3 Å². The molecule has 2 N–H and O–H groups in total. The van der Waals surface area contributed by atoms with Crippen molar-refractivity contribution >= 4 is 5.69 Å². The minimum Gasteiger partial charge on any atom is -0.466 e. The van der Waals surface area contributed by atoms with Gasteiger partial charge in [0.1, 0.15) is 11.4 Å². The lowest BCUT2D eigenvalue weighted by Gasteiger charge is -2.08. The molecule has 2 rings (SSSR count). The molecule has 0 radical (unpaired) electrons. The molecule has 1 aromatic heterocycles. The number of nitrogens with one attached hydrogen (secondary N) is 1. The lowest BCUT2D eigenvalue weighted by Crippen LogP contribution is -2.24. The normalized spacial score (nSPS) is 19.0. The molecule has 4 nitrogen and oxygen atoms in total. The number of hydrogen-bond donors (Lipinski definition) is 2. The summed E-state index contributed by atoms with van der Waals surface area (Å²) in [5.41, 5.74) is 1.90. The molecule has 1 aliphatic heterocycles. The van der Waals surface area contributed by atoms with Crippen molar-refractivity contribution in [2.45, 2.75) is 26.0 Å². The van der Waals surface area contributed by atoms with Crippen LogP contribution >= 0.6 is 0 Å². The minimum atomic E-state index is -0.327. The number of hydrogen-bond acceptors (Lipinski definition) is 4. The molecule has 0 fully saturated rings. The van der Waals surface area contributed by atoms with E-state index in [9.17, 15) is 0 Å². The van der Waals surface area contributed by atoms with Gasteiger partial charge in [-0.3, -0.25) is 4.98 Å². The van der Waals surface area contributed by atoms with Gasteiger partial charge in [-0.25, -0.2) is 0 Å². The third-order valence-corrected chi connectivity index (χ3v) is 2.23. The molecule has 0 bridgehead atoms. The highest BCUT2D eigenvalue weighted by atomic mass is 16.5. The molecule has 76 valence electrons. The zero-order valence-electron chi connectivity index (χ0n) is 8.32. The highest BCUT2D eigenvalue weighted by Gasteiger charge is 2.24. The number of aromatic nitrogens is 1. The van der Waals surface area contributed by atoms with Gasteiger partial charge in [-0.1, -0.05) is 13.8 Å². The summed E-state index contributed by atoms with van der Waals surface area (Å²) in [5.74, 6) is 1.13. The maximum Gasteiger partial charge on any atom is 0.193 e. The van der Waals surface area contributed by atoms with Crippen molar-refractivity contribution in [1.82, 2.24) is 4.98 Å². The Hall–Kier alpha value is -1.29. The maximum atomic E-state index is 8.96. The predicted octanol–water partition coefficient (Wildman–Crippen LogP) is 1.33. The number of rotatable bonds is 2.